The SMILES string of the molecule is CC(C)c1csc(NC(=O)c2ccc(S(=O)(=O)NCCc3cccs3)cc2)n1. The van der Waals surface area contributed by atoms with Gasteiger partial charge >= 0.3 is 0 Å². The van der Waals surface area contributed by atoms with Gasteiger partial charge in [-0.15, -0.1) is 22.7 Å². The van der Waals surface area contributed by atoms with Crippen molar-refractivity contribution in [1.29, 1.82) is 0 Å². The van der Waals surface area contributed by atoms with Crippen LogP contribution >= 0.6 is 22.7 Å². The second kappa shape index (κ2) is 8.95. The maximum Gasteiger partial charge on any atom is 0.257 e. The smallest absolute Gasteiger partial charge is 0.257 e. The van der Waals surface area contributed by atoms with E-state index in [0.717, 1.165) is 10.6 Å². The number of nitrogens with one attached hydrogen (secondary N) is 2. The summed E-state index contributed by atoms with van der Waals surface area (Å²) in [5.74, 6) is -0.0297. The molecular formula is C19H21N3O3S3. The summed E-state index contributed by atoms with van der Waals surface area (Å²) >= 11 is 2.96. The van der Waals surface area contributed by atoms with Gasteiger partial charge in [-0.05, 0) is 48.1 Å². The van der Waals surface area contributed by atoms with Crippen molar-refractivity contribution in [1.82, 2.24) is 9.71 Å². The fourth-order valence-electron chi connectivity index (χ4n) is 2.41. The van der Waals surface area contributed by atoms with E-state index in [1.54, 1.807) is 11.3 Å². The third kappa shape index (κ3) is 5.26. The number of thiophene rings is 1. The van der Waals surface area contributed by atoms with Crippen LogP contribution in [0.4, 0.5) is 5.13 Å². The van der Waals surface area contributed by atoms with E-state index in [0.29, 0.717) is 29.6 Å². The van der Waals surface area contributed by atoms with Crippen LogP contribution in [0.3, 0.4) is 0 Å². The van der Waals surface area contributed by atoms with Gasteiger partial charge in [0.05, 0.1) is 10.6 Å². The molecule has 0 aliphatic rings. The zero-order valence-electron chi connectivity index (χ0n) is 15.5. The quantitative estimate of drug-likeness (QED) is 0.557. The summed E-state index contributed by atoms with van der Waals surface area (Å²) in [7, 11) is -3.61. The molecule has 0 radical (unpaired) electrons. The van der Waals surface area contributed by atoms with E-state index in [1.807, 2.05) is 36.7 Å². The van der Waals surface area contributed by atoms with Crippen LogP contribution in [0.2, 0.25) is 0 Å². The maximum atomic E-state index is 12.4. The molecule has 2 N–H and O–H groups in total. The Morgan fingerprint density at radius 3 is 2.50 bits per heavy atom. The highest BCUT2D eigenvalue weighted by molar-refractivity contribution is 7.89. The molecule has 148 valence electrons. The summed E-state index contributed by atoms with van der Waals surface area (Å²) in [6.45, 7) is 4.40. The fourth-order valence-corrected chi connectivity index (χ4v) is 5.02. The van der Waals surface area contributed by atoms with Crippen molar-refractivity contribution in [3.05, 3.63) is 63.3 Å². The van der Waals surface area contributed by atoms with Gasteiger partial charge in [-0.2, -0.15) is 0 Å². The molecule has 0 saturated carbocycles. The lowest BCUT2D eigenvalue weighted by Gasteiger charge is -2.07. The van der Waals surface area contributed by atoms with Crippen LogP contribution < -0.4 is 10.0 Å². The van der Waals surface area contributed by atoms with Gasteiger partial charge in [0, 0.05) is 22.4 Å². The normalized spacial score (nSPS) is 11.7. The minimum atomic E-state index is -3.61. The lowest BCUT2D eigenvalue weighted by atomic mass is 10.2. The number of anilines is 1. The van der Waals surface area contributed by atoms with Crippen LogP contribution in [0.5, 0.6) is 0 Å². The largest absolute Gasteiger partial charge is 0.298 e. The topological polar surface area (TPSA) is 88.2 Å². The molecule has 2 aromatic heterocycles. The van der Waals surface area contributed by atoms with Crippen molar-refractivity contribution < 1.29 is 13.2 Å². The number of carbonyl (C=O) groups is 1. The molecule has 0 aliphatic heterocycles. The number of carbonyl (C=O) groups excluding carboxylic acids is 1. The minimum Gasteiger partial charge on any atom is -0.298 e. The molecule has 3 rings (SSSR count). The monoisotopic (exact) mass is 435 g/mol. The first-order valence-electron chi connectivity index (χ1n) is 8.74. The highest BCUT2D eigenvalue weighted by atomic mass is 32.2. The molecule has 0 unspecified atom stereocenters. The van der Waals surface area contributed by atoms with E-state index in [-0.39, 0.29) is 10.8 Å². The third-order valence-electron chi connectivity index (χ3n) is 4.00. The van der Waals surface area contributed by atoms with Crippen molar-refractivity contribution in [2.24, 2.45) is 0 Å². The van der Waals surface area contributed by atoms with Crippen LogP contribution in [0.1, 0.15) is 40.7 Å². The van der Waals surface area contributed by atoms with Crippen molar-refractivity contribution in [2.45, 2.75) is 31.1 Å². The Hall–Kier alpha value is -2.07. The molecule has 0 bridgehead atoms. The van der Waals surface area contributed by atoms with Crippen LogP contribution in [0.25, 0.3) is 0 Å². The molecule has 9 heteroatoms. The molecule has 28 heavy (non-hydrogen) atoms. The fraction of sp³-hybridized carbons (Fsp3) is 0.263. The Labute approximate surface area is 172 Å². The van der Waals surface area contributed by atoms with Crippen molar-refractivity contribution in [3.8, 4) is 0 Å². The molecular weight excluding hydrogens is 414 g/mol. The van der Waals surface area contributed by atoms with E-state index < -0.39 is 10.0 Å². The Balaban J connectivity index is 1.60. The first-order chi connectivity index (χ1) is 13.3. The average Bonchev–Trinajstić information content (AvgIpc) is 3.34. The van der Waals surface area contributed by atoms with Crippen LogP contribution in [-0.4, -0.2) is 25.9 Å². The van der Waals surface area contributed by atoms with Crippen molar-refractivity contribution in [3.63, 3.8) is 0 Å². The summed E-state index contributed by atoms with van der Waals surface area (Å²) < 4.78 is 27.4. The predicted molar refractivity (Wildman–Crippen MR) is 114 cm³/mol. The lowest BCUT2D eigenvalue weighted by molar-refractivity contribution is 0.102. The van der Waals surface area contributed by atoms with Gasteiger partial charge in [0.1, 0.15) is 0 Å². The average molecular weight is 436 g/mol. The van der Waals surface area contributed by atoms with Gasteiger partial charge < -0.3 is 0 Å². The molecule has 6 nitrogen and oxygen atoms in total. The van der Waals surface area contributed by atoms with E-state index >= 15 is 0 Å². The van der Waals surface area contributed by atoms with E-state index in [9.17, 15) is 13.2 Å². The summed E-state index contributed by atoms with van der Waals surface area (Å²) in [4.78, 5) is 18.0. The number of nitrogens with zero attached hydrogens (tertiary/aromatic N) is 1. The number of hydrogen-bond donors (Lipinski definition) is 2. The van der Waals surface area contributed by atoms with Crippen molar-refractivity contribution in [2.75, 3.05) is 11.9 Å². The lowest BCUT2D eigenvalue weighted by Crippen LogP contribution is -2.26. The zero-order chi connectivity index (χ0) is 20.1. The molecule has 1 amide bonds. The highest BCUT2D eigenvalue weighted by Crippen LogP contribution is 2.22. The number of amides is 1. The molecule has 3 aromatic rings. The second-order valence-corrected chi connectivity index (χ2v) is 10.1. The summed E-state index contributed by atoms with van der Waals surface area (Å²) in [5, 5.41) is 7.15. The molecule has 1 aromatic carbocycles. The van der Waals surface area contributed by atoms with E-state index in [1.165, 1.54) is 35.6 Å². The van der Waals surface area contributed by atoms with Gasteiger partial charge in [0.15, 0.2) is 5.13 Å². The molecule has 2 heterocycles. The summed E-state index contributed by atoms with van der Waals surface area (Å²) in [5.41, 5.74) is 1.30. The zero-order valence-corrected chi connectivity index (χ0v) is 18.0. The first kappa shape index (κ1) is 20.7. The van der Waals surface area contributed by atoms with Gasteiger partial charge in [-0.3, -0.25) is 10.1 Å². The van der Waals surface area contributed by atoms with Gasteiger partial charge in [-0.25, -0.2) is 18.1 Å². The van der Waals surface area contributed by atoms with Crippen molar-refractivity contribution >= 4 is 43.7 Å². The Morgan fingerprint density at radius 1 is 1.14 bits per heavy atom. The number of aromatic nitrogens is 1. The first-order valence-corrected chi connectivity index (χ1v) is 12.0. The number of hydrogen-bond acceptors (Lipinski definition) is 6. The third-order valence-corrected chi connectivity index (χ3v) is 7.19. The van der Waals surface area contributed by atoms with Gasteiger partial charge in [0.25, 0.3) is 5.91 Å². The number of benzene rings is 1. The summed E-state index contributed by atoms with van der Waals surface area (Å²) in [6, 6.07) is 9.78. The van der Waals surface area contributed by atoms with Crippen LogP contribution in [-0.2, 0) is 16.4 Å². The molecule has 0 fully saturated rings. The molecule has 0 spiro atoms. The Bertz CT molecular complexity index is 1020. The van der Waals surface area contributed by atoms with Crippen LogP contribution in [0, 0.1) is 0 Å². The van der Waals surface area contributed by atoms with E-state index in [4.69, 9.17) is 0 Å². The molecule has 0 aliphatic carbocycles. The summed E-state index contributed by atoms with van der Waals surface area (Å²) in [6.07, 6.45) is 0.642. The minimum absolute atomic E-state index is 0.131. The predicted octanol–water partition coefficient (Wildman–Crippen LogP) is 4.10. The van der Waals surface area contributed by atoms with Gasteiger partial charge in [0.2, 0.25) is 10.0 Å². The van der Waals surface area contributed by atoms with Crippen LogP contribution in [0.15, 0.2) is 52.1 Å². The maximum absolute atomic E-state index is 12.4. The van der Waals surface area contributed by atoms with E-state index in [2.05, 4.69) is 15.0 Å². The highest BCUT2D eigenvalue weighted by Gasteiger charge is 2.15. The second-order valence-electron chi connectivity index (χ2n) is 6.44. The Kier molecular flexibility index (Phi) is 6.61. The standard InChI is InChI=1S/C19H21N3O3S3/c1-13(2)17-12-27-19(21-17)22-18(23)14-5-7-16(8-6-14)28(24,25)20-10-9-15-4-3-11-26-15/h3-8,11-13,20H,9-10H2,1-2H3,(H,21,22,23). The molecule has 0 saturated heterocycles. The number of rotatable bonds is 8. The number of thiazole rings is 1. The Morgan fingerprint density at radius 2 is 1.89 bits per heavy atom. The number of sulfonamides is 1. The van der Waals surface area contributed by atoms with Gasteiger partial charge in [-0.1, -0.05) is 19.9 Å². The molecule has 0 atom stereocenters.